The van der Waals surface area contributed by atoms with Crippen LogP contribution in [0.25, 0.3) is 0 Å². The summed E-state index contributed by atoms with van der Waals surface area (Å²) in [7, 11) is 0. The van der Waals surface area contributed by atoms with Crippen LogP contribution in [0.5, 0.6) is 0 Å². The van der Waals surface area contributed by atoms with E-state index in [1.165, 1.54) is 6.07 Å². The zero-order chi connectivity index (χ0) is 9.30. The molecule has 5 heteroatoms. The quantitative estimate of drug-likeness (QED) is 0.626. The van der Waals surface area contributed by atoms with Crippen LogP contribution in [0.2, 0.25) is 0 Å². The molecule has 0 atom stereocenters. The monoisotopic (exact) mass is 299 g/mol. The van der Waals surface area contributed by atoms with Gasteiger partial charge < -0.3 is 5.73 Å². The van der Waals surface area contributed by atoms with Crippen molar-refractivity contribution >= 4 is 31.9 Å². The smallest absolute Gasteiger partial charge is 0.154 e. The minimum atomic E-state index is -0.648. The van der Waals surface area contributed by atoms with E-state index in [9.17, 15) is 8.78 Å². The highest BCUT2D eigenvalue weighted by Gasteiger charge is 2.13. The van der Waals surface area contributed by atoms with Crippen molar-refractivity contribution in [3.8, 4) is 0 Å². The van der Waals surface area contributed by atoms with Crippen LogP contribution in [0.15, 0.2) is 15.0 Å². The molecule has 0 aromatic heterocycles. The summed E-state index contributed by atoms with van der Waals surface area (Å²) in [6, 6.07) is 1.33. The zero-order valence-corrected chi connectivity index (χ0v) is 9.05. The molecular weight excluding hydrogens is 296 g/mol. The second-order valence-electron chi connectivity index (χ2n) is 2.16. The second-order valence-corrected chi connectivity index (χ2v) is 3.81. The Morgan fingerprint density at radius 3 is 2.33 bits per heavy atom. The molecule has 0 unspecified atom stereocenters. The van der Waals surface area contributed by atoms with Crippen LogP contribution in [0.4, 0.5) is 8.78 Å². The van der Waals surface area contributed by atoms with Crippen molar-refractivity contribution in [2.45, 2.75) is 6.54 Å². The molecule has 2 N–H and O–H groups in total. The van der Waals surface area contributed by atoms with Crippen LogP contribution in [-0.2, 0) is 6.54 Å². The van der Waals surface area contributed by atoms with Gasteiger partial charge in [0.05, 0.1) is 8.95 Å². The van der Waals surface area contributed by atoms with E-state index < -0.39 is 11.6 Å². The molecule has 66 valence electrons. The van der Waals surface area contributed by atoms with Crippen molar-refractivity contribution in [2.75, 3.05) is 0 Å². The van der Waals surface area contributed by atoms with E-state index in [4.69, 9.17) is 5.73 Å². The van der Waals surface area contributed by atoms with Crippen molar-refractivity contribution in [3.63, 3.8) is 0 Å². The molecule has 0 saturated heterocycles. The van der Waals surface area contributed by atoms with E-state index in [1.54, 1.807) is 0 Å². The Kier molecular flexibility index (Phi) is 3.20. The van der Waals surface area contributed by atoms with Crippen LogP contribution < -0.4 is 5.73 Å². The van der Waals surface area contributed by atoms with Gasteiger partial charge in [-0.25, -0.2) is 8.78 Å². The van der Waals surface area contributed by atoms with Gasteiger partial charge >= 0.3 is 0 Å². The molecule has 0 saturated carbocycles. The lowest BCUT2D eigenvalue weighted by atomic mass is 10.2. The van der Waals surface area contributed by atoms with Gasteiger partial charge in [0.15, 0.2) is 5.82 Å². The average Bonchev–Trinajstić information content (AvgIpc) is 2.08. The highest BCUT2D eigenvalue weighted by molar-refractivity contribution is 9.11. The molecule has 0 heterocycles. The molecule has 0 radical (unpaired) electrons. The summed E-state index contributed by atoms with van der Waals surface area (Å²) in [5, 5.41) is 0. The maximum Gasteiger partial charge on any atom is 0.154 e. The molecule has 12 heavy (non-hydrogen) atoms. The maximum absolute atomic E-state index is 13.1. The van der Waals surface area contributed by atoms with Gasteiger partial charge in [-0.1, -0.05) is 0 Å². The summed E-state index contributed by atoms with van der Waals surface area (Å²) in [6.45, 7) is 0.0450. The van der Waals surface area contributed by atoms with Crippen molar-refractivity contribution in [3.05, 3.63) is 32.2 Å². The molecule has 1 aromatic carbocycles. The summed E-state index contributed by atoms with van der Waals surface area (Å²) in [4.78, 5) is 0. The van der Waals surface area contributed by atoms with E-state index >= 15 is 0 Å². The fourth-order valence-corrected chi connectivity index (χ4v) is 1.98. The first kappa shape index (κ1) is 10.1. The zero-order valence-electron chi connectivity index (χ0n) is 5.87. The number of nitrogens with two attached hydrogens (primary N) is 1. The number of hydrogen-bond acceptors (Lipinski definition) is 1. The molecule has 0 spiro atoms. The van der Waals surface area contributed by atoms with Crippen LogP contribution >= 0.6 is 31.9 Å². The number of halogens is 4. The summed E-state index contributed by atoms with van der Waals surface area (Å²) < 4.78 is 26.0. The Labute approximate surface area is 85.2 Å². The molecule has 0 aliphatic carbocycles. The van der Waals surface area contributed by atoms with Gasteiger partial charge in [0.1, 0.15) is 5.82 Å². The lowest BCUT2D eigenvalue weighted by molar-refractivity contribution is 0.557. The fraction of sp³-hybridized carbons (Fsp3) is 0.143. The summed E-state index contributed by atoms with van der Waals surface area (Å²) in [5.41, 5.74) is 5.51. The summed E-state index contributed by atoms with van der Waals surface area (Å²) >= 11 is 5.73. The van der Waals surface area contributed by atoms with Crippen molar-refractivity contribution in [1.29, 1.82) is 0 Å². The molecule has 0 aliphatic heterocycles. The average molecular weight is 301 g/mol. The van der Waals surface area contributed by atoms with E-state index in [2.05, 4.69) is 31.9 Å². The maximum atomic E-state index is 13.1. The fourth-order valence-electron chi connectivity index (χ4n) is 0.770. The van der Waals surface area contributed by atoms with Gasteiger partial charge in [-0.2, -0.15) is 0 Å². The Hall–Kier alpha value is -0.000000000000000111. The van der Waals surface area contributed by atoms with E-state index in [1.807, 2.05) is 0 Å². The summed E-state index contributed by atoms with van der Waals surface area (Å²) in [6.07, 6.45) is 0. The van der Waals surface area contributed by atoms with Gasteiger partial charge in [-0.15, -0.1) is 0 Å². The highest BCUT2D eigenvalue weighted by atomic mass is 79.9. The van der Waals surface area contributed by atoms with Crippen molar-refractivity contribution < 1.29 is 8.78 Å². The van der Waals surface area contributed by atoms with Gasteiger partial charge in [0.25, 0.3) is 0 Å². The van der Waals surface area contributed by atoms with Gasteiger partial charge in [-0.05, 0) is 37.9 Å². The Balaban J connectivity index is 3.39. The summed E-state index contributed by atoms with van der Waals surface area (Å²) in [5.74, 6) is -1.29. The van der Waals surface area contributed by atoms with Crippen LogP contribution in [-0.4, -0.2) is 0 Å². The molecule has 1 nitrogen and oxygen atoms in total. The molecule has 0 amide bonds. The molecular formula is C7H5Br2F2N. The van der Waals surface area contributed by atoms with Gasteiger partial charge in [0.2, 0.25) is 0 Å². The molecule has 1 aromatic rings. The molecule has 1 rings (SSSR count). The Morgan fingerprint density at radius 2 is 1.83 bits per heavy atom. The predicted octanol–water partition coefficient (Wildman–Crippen LogP) is 2.95. The van der Waals surface area contributed by atoms with E-state index in [0.29, 0.717) is 0 Å². The van der Waals surface area contributed by atoms with Crippen molar-refractivity contribution in [2.24, 2.45) is 5.73 Å². The third-order valence-electron chi connectivity index (χ3n) is 1.40. The third kappa shape index (κ3) is 1.67. The highest BCUT2D eigenvalue weighted by Crippen LogP contribution is 2.28. The van der Waals surface area contributed by atoms with Crippen LogP contribution in [0.3, 0.4) is 0 Å². The number of hydrogen-bond donors (Lipinski definition) is 1. The molecule has 0 bridgehead atoms. The first-order valence-corrected chi connectivity index (χ1v) is 4.68. The van der Waals surface area contributed by atoms with Crippen molar-refractivity contribution in [1.82, 2.24) is 0 Å². The number of rotatable bonds is 1. The van der Waals surface area contributed by atoms with Gasteiger partial charge in [-0.3, -0.25) is 0 Å². The largest absolute Gasteiger partial charge is 0.326 e. The lowest BCUT2D eigenvalue weighted by Crippen LogP contribution is -2.02. The first-order valence-electron chi connectivity index (χ1n) is 3.10. The minimum absolute atomic E-state index is 0.0450. The number of benzene rings is 1. The van der Waals surface area contributed by atoms with Crippen LogP contribution in [0, 0.1) is 11.6 Å². The predicted molar refractivity (Wildman–Crippen MR) is 49.6 cm³/mol. The lowest BCUT2D eigenvalue weighted by Gasteiger charge is -2.04. The second kappa shape index (κ2) is 3.81. The topological polar surface area (TPSA) is 26.0 Å². The molecule has 0 aliphatic rings. The van der Waals surface area contributed by atoms with Crippen LogP contribution in [0.1, 0.15) is 5.56 Å². The Bertz CT molecular complexity index is 315. The van der Waals surface area contributed by atoms with E-state index in [0.717, 1.165) is 0 Å². The minimum Gasteiger partial charge on any atom is -0.326 e. The normalized spacial score (nSPS) is 10.4. The standard InChI is InChI=1S/C7H5Br2F2N/c8-4-1-3(2-12)6(10)5(9)7(4)11/h1H,2,12H2. The van der Waals surface area contributed by atoms with E-state index in [-0.39, 0.29) is 21.1 Å². The SMILES string of the molecule is NCc1cc(Br)c(F)c(Br)c1F. The molecule has 0 fully saturated rings. The third-order valence-corrected chi connectivity index (χ3v) is 2.67. The first-order chi connectivity index (χ1) is 5.57. The Morgan fingerprint density at radius 1 is 1.25 bits per heavy atom. The van der Waals surface area contributed by atoms with Gasteiger partial charge in [0, 0.05) is 12.1 Å².